The van der Waals surface area contributed by atoms with Crippen LogP contribution in [0.15, 0.2) is 35.2 Å². The molecule has 0 aliphatic carbocycles. The average Bonchev–Trinajstić information content (AvgIpc) is 2.48. The van der Waals surface area contributed by atoms with Gasteiger partial charge in [-0.05, 0) is 30.7 Å². The summed E-state index contributed by atoms with van der Waals surface area (Å²) in [6, 6.07) is 10.2. The number of hydrogen-bond acceptors (Lipinski definition) is 4. The van der Waals surface area contributed by atoms with Crippen molar-refractivity contribution in [2.75, 3.05) is 32.1 Å². The summed E-state index contributed by atoms with van der Waals surface area (Å²) in [6.07, 6.45) is 2.23. The maximum atomic E-state index is 11.5. The van der Waals surface area contributed by atoms with Gasteiger partial charge in [-0.15, -0.1) is 11.8 Å². The molecule has 1 aromatic carbocycles. The Morgan fingerprint density at radius 1 is 1.20 bits per heavy atom. The van der Waals surface area contributed by atoms with E-state index in [1.165, 1.54) is 4.90 Å². The molecule has 1 rings (SSSR count). The van der Waals surface area contributed by atoms with E-state index in [4.69, 9.17) is 9.84 Å². The highest BCUT2D eigenvalue weighted by atomic mass is 32.2. The lowest BCUT2D eigenvalue weighted by Crippen LogP contribution is -2.25. The monoisotopic (exact) mass is 297 g/mol. The topological polar surface area (TPSA) is 58.6 Å². The maximum Gasteiger partial charge on any atom is 0.220 e. The zero-order valence-corrected chi connectivity index (χ0v) is 12.5. The fourth-order valence-corrected chi connectivity index (χ4v) is 2.47. The molecular formula is C15H23NO3S. The predicted octanol–water partition coefficient (Wildman–Crippen LogP) is 2.07. The Balaban J connectivity index is 1.92. The Hall–Kier alpha value is -1.04. The number of ether oxygens (including phenoxy) is 1. The molecule has 1 amide bonds. The quantitative estimate of drug-likeness (QED) is 0.485. The molecule has 0 unspecified atom stereocenters. The molecule has 0 atom stereocenters. The third-order valence-electron chi connectivity index (χ3n) is 2.58. The number of aliphatic hydroxyl groups is 1. The van der Waals surface area contributed by atoms with Crippen LogP contribution in [-0.4, -0.2) is 43.1 Å². The number of carbonyl (C=O) groups excluding carboxylic acids is 1. The molecule has 0 aliphatic heterocycles. The molecule has 5 heteroatoms. The van der Waals surface area contributed by atoms with Gasteiger partial charge >= 0.3 is 0 Å². The Kier molecular flexibility index (Phi) is 10.0. The van der Waals surface area contributed by atoms with Crippen LogP contribution in [0.25, 0.3) is 0 Å². The van der Waals surface area contributed by atoms with E-state index in [2.05, 4.69) is 17.4 Å². The first-order valence-electron chi connectivity index (χ1n) is 6.96. The summed E-state index contributed by atoms with van der Waals surface area (Å²) in [5.41, 5.74) is 0. The Morgan fingerprint density at radius 2 is 2.00 bits per heavy atom. The highest BCUT2D eigenvalue weighted by molar-refractivity contribution is 7.99. The molecule has 112 valence electrons. The van der Waals surface area contributed by atoms with E-state index in [1.807, 2.05) is 18.2 Å². The summed E-state index contributed by atoms with van der Waals surface area (Å²) in [7, 11) is 0. The molecule has 4 nitrogen and oxygen atoms in total. The molecule has 0 fully saturated rings. The van der Waals surface area contributed by atoms with E-state index in [0.29, 0.717) is 26.2 Å². The molecule has 0 radical (unpaired) electrons. The van der Waals surface area contributed by atoms with E-state index in [-0.39, 0.29) is 12.5 Å². The van der Waals surface area contributed by atoms with Crippen LogP contribution in [0.3, 0.4) is 0 Å². The highest BCUT2D eigenvalue weighted by Crippen LogP contribution is 2.18. The van der Waals surface area contributed by atoms with Crippen molar-refractivity contribution in [2.24, 2.45) is 0 Å². The largest absolute Gasteiger partial charge is 0.394 e. The second-order valence-corrected chi connectivity index (χ2v) is 5.47. The average molecular weight is 297 g/mol. The summed E-state index contributed by atoms with van der Waals surface area (Å²) in [6.45, 7) is 1.62. The standard InChI is InChI=1S/C15H23NO3S/c17-10-12-19-11-5-9-16-15(18)8-4-13-20-14-6-2-1-3-7-14/h1-3,6-7,17H,4-5,8-13H2,(H,16,18). The van der Waals surface area contributed by atoms with E-state index in [9.17, 15) is 4.79 Å². The van der Waals surface area contributed by atoms with Crippen LogP contribution in [0.2, 0.25) is 0 Å². The number of rotatable bonds is 11. The summed E-state index contributed by atoms with van der Waals surface area (Å²) >= 11 is 1.78. The van der Waals surface area contributed by atoms with E-state index in [0.717, 1.165) is 18.6 Å². The number of carbonyl (C=O) groups is 1. The van der Waals surface area contributed by atoms with Crippen molar-refractivity contribution in [3.05, 3.63) is 30.3 Å². The molecule has 1 aromatic rings. The minimum Gasteiger partial charge on any atom is -0.394 e. The minimum atomic E-state index is 0.0471. The van der Waals surface area contributed by atoms with Crippen LogP contribution in [0.5, 0.6) is 0 Å². The number of thioether (sulfide) groups is 1. The zero-order chi connectivity index (χ0) is 14.5. The number of amides is 1. The van der Waals surface area contributed by atoms with Gasteiger partial charge in [0.05, 0.1) is 13.2 Å². The Morgan fingerprint density at radius 3 is 2.75 bits per heavy atom. The lowest BCUT2D eigenvalue weighted by Gasteiger charge is -2.05. The Labute approximate surface area is 124 Å². The van der Waals surface area contributed by atoms with Gasteiger partial charge in [-0.25, -0.2) is 0 Å². The summed E-state index contributed by atoms with van der Waals surface area (Å²) in [4.78, 5) is 12.8. The molecule has 0 bridgehead atoms. The molecule has 0 heterocycles. The second kappa shape index (κ2) is 11.8. The lowest BCUT2D eigenvalue weighted by atomic mass is 10.3. The lowest BCUT2D eigenvalue weighted by molar-refractivity contribution is -0.121. The fraction of sp³-hybridized carbons (Fsp3) is 0.533. The molecule has 2 N–H and O–H groups in total. The van der Waals surface area contributed by atoms with Crippen LogP contribution in [0.1, 0.15) is 19.3 Å². The smallest absolute Gasteiger partial charge is 0.220 e. The molecule has 0 saturated heterocycles. The van der Waals surface area contributed by atoms with Gasteiger partial charge in [0.15, 0.2) is 0 Å². The minimum absolute atomic E-state index is 0.0471. The SMILES string of the molecule is O=C(CCCSc1ccccc1)NCCCOCCO. The van der Waals surface area contributed by atoms with E-state index >= 15 is 0 Å². The van der Waals surface area contributed by atoms with Gasteiger partial charge in [0.2, 0.25) is 5.91 Å². The maximum absolute atomic E-state index is 11.5. The highest BCUT2D eigenvalue weighted by Gasteiger charge is 2.01. The predicted molar refractivity (Wildman–Crippen MR) is 81.9 cm³/mol. The second-order valence-electron chi connectivity index (χ2n) is 4.30. The van der Waals surface area contributed by atoms with Gasteiger partial charge in [0.1, 0.15) is 0 Å². The summed E-state index contributed by atoms with van der Waals surface area (Å²) < 4.78 is 5.11. The van der Waals surface area contributed by atoms with Crippen molar-refractivity contribution >= 4 is 17.7 Å². The van der Waals surface area contributed by atoms with E-state index in [1.54, 1.807) is 11.8 Å². The van der Waals surface area contributed by atoms with Gasteiger partial charge in [0, 0.05) is 24.5 Å². The number of nitrogens with one attached hydrogen (secondary N) is 1. The van der Waals surface area contributed by atoms with Crippen molar-refractivity contribution < 1.29 is 14.6 Å². The number of benzene rings is 1. The molecule has 0 saturated carbocycles. The van der Waals surface area contributed by atoms with Crippen LogP contribution in [0.4, 0.5) is 0 Å². The fourth-order valence-electron chi connectivity index (χ4n) is 1.60. The molecule has 0 spiro atoms. The van der Waals surface area contributed by atoms with Crippen LogP contribution >= 0.6 is 11.8 Å². The van der Waals surface area contributed by atoms with Crippen molar-refractivity contribution in [2.45, 2.75) is 24.2 Å². The van der Waals surface area contributed by atoms with Crippen molar-refractivity contribution in [1.82, 2.24) is 5.32 Å². The summed E-state index contributed by atoms with van der Waals surface area (Å²) in [5.74, 6) is 1.05. The third-order valence-corrected chi connectivity index (χ3v) is 3.68. The van der Waals surface area contributed by atoms with E-state index < -0.39 is 0 Å². The Bertz CT molecular complexity index is 359. The van der Waals surface area contributed by atoms with Crippen LogP contribution in [-0.2, 0) is 9.53 Å². The normalized spacial score (nSPS) is 10.4. The van der Waals surface area contributed by atoms with Crippen LogP contribution in [0, 0.1) is 0 Å². The molecule has 0 aliphatic rings. The van der Waals surface area contributed by atoms with Gasteiger partial charge in [0.25, 0.3) is 0 Å². The number of hydrogen-bond donors (Lipinski definition) is 2. The van der Waals surface area contributed by atoms with Crippen molar-refractivity contribution in [1.29, 1.82) is 0 Å². The molecule has 0 aromatic heterocycles. The zero-order valence-electron chi connectivity index (χ0n) is 11.7. The first-order valence-corrected chi connectivity index (χ1v) is 7.94. The van der Waals surface area contributed by atoms with Crippen molar-refractivity contribution in [3.8, 4) is 0 Å². The van der Waals surface area contributed by atoms with Crippen LogP contribution < -0.4 is 5.32 Å². The summed E-state index contributed by atoms with van der Waals surface area (Å²) in [5, 5.41) is 11.4. The molecule has 20 heavy (non-hydrogen) atoms. The third kappa shape index (κ3) is 8.96. The van der Waals surface area contributed by atoms with Crippen molar-refractivity contribution in [3.63, 3.8) is 0 Å². The van der Waals surface area contributed by atoms with Gasteiger partial charge in [-0.2, -0.15) is 0 Å². The van der Waals surface area contributed by atoms with Gasteiger partial charge in [-0.1, -0.05) is 18.2 Å². The van der Waals surface area contributed by atoms with Gasteiger partial charge in [-0.3, -0.25) is 4.79 Å². The van der Waals surface area contributed by atoms with Gasteiger partial charge < -0.3 is 15.2 Å². The first-order chi connectivity index (χ1) is 9.83. The first kappa shape index (κ1) is 17.0. The molecular weight excluding hydrogens is 274 g/mol. The number of aliphatic hydroxyl groups excluding tert-OH is 1.